The smallest absolute Gasteiger partial charge is 0.438 e. The van der Waals surface area contributed by atoms with E-state index in [1.807, 2.05) is 31.3 Å². The minimum Gasteiger partial charge on any atom is -0.438 e. The first kappa shape index (κ1) is 34.2. The summed E-state index contributed by atoms with van der Waals surface area (Å²) in [5.41, 5.74) is 1.84. The number of likely N-dealkylation sites (N-methyl/N-ethyl adjacent to an activating group) is 1. The molecule has 1 fully saturated rings. The SMILES string of the molecule is C=CC(=O)Nc1cccc(Oc2nc(Nc3ccc(N(C)C4CCN(S(C)(=O)=O)C4)cc3)nc3c2ccn3COC(=O)OC(C)(C)C)c1. The molecule has 0 saturated carbocycles. The summed E-state index contributed by atoms with van der Waals surface area (Å²) < 4.78 is 43.9. The van der Waals surface area contributed by atoms with Gasteiger partial charge in [0.05, 0.1) is 11.6 Å². The van der Waals surface area contributed by atoms with Crippen molar-refractivity contribution in [3.8, 4) is 11.6 Å². The number of carbonyl (C=O) groups is 2. The average Bonchev–Trinajstić information content (AvgIpc) is 3.68. The Morgan fingerprint density at radius 2 is 1.85 bits per heavy atom. The van der Waals surface area contributed by atoms with Crippen molar-refractivity contribution in [2.45, 2.75) is 45.6 Å². The normalized spacial score (nSPS) is 15.1. The highest BCUT2D eigenvalue weighted by atomic mass is 32.2. The first-order valence-corrected chi connectivity index (χ1v) is 17.0. The molecule has 15 heteroatoms. The lowest BCUT2D eigenvalue weighted by Gasteiger charge is -2.27. The molecule has 0 spiro atoms. The van der Waals surface area contributed by atoms with Crippen LogP contribution in [0.15, 0.2) is 73.4 Å². The molecule has 3 heterocycles. The van der Waals surface area contributed by atoms with Crippen molar-refractivity contribution < 1.29 is 32.2 Å². The van der Waals surface area contributed by atoms with Crippen LogP contribution in [0.25, 0.3) is 11.0 Å². The number of rotatable bonds is 11. The van der Waals surface area contributed by atoms with Crippen LogP contribution in [0.1, 0.15) is 27.2 Å². The Kier molecular flexibility index (Phi) is 9.91. The predicted molar refractivity (Wildman–Crippen MR) is 183 cm³/mol. The molecule has 5 rings (SSSR count). The Balaban J connectivity index is 1.40. The maximum absolute atomic E-state index is 12.3. The Morgan fingerprint density at radius 3 is 2.52 bits per heavy atom. The van der Waals surface area contributed by atoms with E-state index in [2.05, 4.69) is 27.1 Å². The molecule has 1 saturated heterocycles. The fourth-order valence-electron chi connectivity index (χ4n) is 5.07. The summed E-state index contributed by atoms with van der Waals surface area (Å²) in [4.78, 5) is 35.5. The molecule has 1 atom stereocenters. The third kappa shape index (κ3) is 8.60. The topological polar surface area (TPSA) is 157 Å². The average molecular weight is 678 g/mol. The zero-order chi connectivity index (χ0) is 34.6. The molecular formula is C33H39N7O7S. The van der Waals surface area contributed by atoms with Crippen LogP contribution in [0.2, 0.25) is 0 Å². The summed E-state index contributed by atoms with van der Waals surface area (Å²) >= 11 is 0. The van der Waals surface area contributed by atoms with Crippen LogP contribution in [0, 0.1) is 0 Å². The molecule has 1 aliphatic rings. The highest BCUT2D eigenvalue weighted by Gasteiger charge is 2.31. The van der Waals surface area contributed by atoms with E-state index in [4.69, 9.17) is 19.2 Å². The number of aromatic nitrogens is 3. The van der Waals surface area contributed by atoms with Gasteiger partial charge >= 0.3 is 6.16 Å². The fraction of sp³-hybridized carbons (Fsp3) is 0.333. The fourth-order valence-corrected chi connectivity index (χ4v) is 5.95. The molecule has 254 valence electrons. The van der Waals surface area contributed by atoms with E-state index < -0.39 is 21.8 Å². The Hall–Kier alpha value is -5.15. The van der Waals surface area contributed by atoms with Crippen molar-refractivity contribution in [3.05, 3.63) is 73.4 Å². The molecule has 48 heavy (non-hydrogen) atoms. The molecule has 4 aromatic rings. The van der Waals surface area contributed by atoms with Crippen LogP contribution < -0.4 is 20.3 Å². The summed E-state index contributed by atoms with van der Waals surface area (Å²) in [7, 11) is -1.29. The van der Waals surface area contributed by atoms with Gasteiger partial charge in [-0.25, -0.2) is 17.5 Å². The lowest BCUT2D eigenvalue weighted by molar-refractivity contribution is -0.111. The van der Waals surface area contributed by atoms with Crippen molar-refractivity contribution in [2.24, 2.45) is 0 Å². The Morgan fingerprint density at radius 1 is 1.10 bits per heavy atom. The van der Waals surface area contributed by atoms with Gasteiger partial charge in [-0.1, -0.05) is 12.6 Å². The molecule has 1 unspecified atom stereocenters. The van der Waals surface area contributed by atoms with Gasteiger partial charge in [-0.3, -0.25) is 9.36 Å². The number of anilines is 4. The molecule has 0 aliphatic carbocycles. The molecule has 0 radical (unpaired) electrons. The summed E-state index contributed by atoms with van der Waals surface area (Å²) in [6.45, 7) is 9.49. The van der Waals surface area contributed by atoms with Gasteiger partial charge in [-0.05, 0) is 75.7 Å². The van der Waals surface area contributed by atoms with Crippen LogP contribution in [0.3, 0.4) is 0 Å². The monoisotopic (exact) mass is 677 g/mol. The van der Waals surface area contributed by atoms with Gasteiger partial charge in [0.2, 0.25) is 27.8 Å². The number of fused-ring (bicyclic) bond motifs is 1. The highest BCUT2D eigenvalue weighted by Crippen LogP contribution is 2.32. The minimum absolute atomic E-state index is 0.0586. The number of nitrogens with zero attached hydrogens (tertiary/aromatic N) is 5. The third-order valence-electron chi connectivity index (χ3n) is 7.47. The van der Waals surface area contributed by atoms with Crippen molar-refractivity contribution in [1.82, 2.24) is 18.8 Å². The number of sulfonamides is 1. The van der Waals surface area contributed by atoms with E-state index in [-0.39, 0.29) is 30.5 Å². The summed E-state index contributed by atoms with van der Waals surface area (Å²) in [6, 6.07) is 16.2. The quantitative estimate of drug-likeness (QED) is 0.153. The summed E-state index contributed by atoms with van der Waals surface area (Å²) in [5.74, 6) is 0.487. The number of ether oxygens (including phenoxy) is 3. The lowest BCUT2D eigenvalue weighted by atomic mass is 10.2. The van der Waals surface area contributed by atoms with Gasteiger partial charge in [-0.2, -0.15) is 9.97 Å². The Bertz CT molecular complexity index is 1920. The largest absolute Gasteiger partial charge is 0.510 e. The third-order valence-corrected chi connectivity index (χ3v) is 8.74. The predicted octanol–water partition coefficient (Wildman–Crippen LogP) is 5.47. The molecule has 2 N–H and O–H groups in total. The lowest BCUT2D eigenvalue weighted by Crippen LogP contribution is -2.36. The number of nitrogens with one attached hydrogen (secondary N) is 2. The van der Waals surface area contributed by atoms with Gasteiger partial charge in [0.15, 0.2) is 12.4 Å². The van der Waals surface area contributed by atoms with Crippen LogP contribution in [-0.2, 0) is 31.0 Å². The molecule has 1 amide bonds. The molecule has 2 aromatic heterocycles. The second-order valence-corrected chi connectivity index (χ2v) is 14.3. The van der Waals surface area contributed by atoms with E-state index in [0.29, 0.717) is 41.2 Å². The second-order valence-electron chi connectivity index (χ2n) is 12.3. The maximum Gasteiger partial charge on any atom is 0.510 e. The number of carbonyl (C=O) groups excluding carboxylic acids is 2. The molecule has 0 bridgehead atoms. The van der Waals surface area contributed by atoms with E-state index in [1.54, 1.807) is 61.9 Å². The van der Waals surface area contributed by atoms with Crippen LogP contribution in [0.5, 0.6) is 11.6 Å². The zero-order valence-corrected chi connectivity index (χ0v) is 28.3. The summed E-state index contributed by atoms with van der Waals surface area (Å²) in [5, 5.41) is 6.47. The first-order valence-electron chi connectivity index (χ1n) is 15.2. The van der Waals surface area contributed by atoms with Crippen LogP contribution in [0.4, 0.5) is 27.8 Å². The van der Waals surface area contributed by atoms with Gasteiger partial charge in [-0.15, -0.1) is 0 Å². The maximum atomic E-state index is 12.3. The number of hydrogen-bond acceptors (Lipinski definition) is 11. The van der Waals surface area contributed by atoms with Gasteiger partial charge in [0.1, 0.15) is 11.4 Å². The second kappa shape index (κ2) is 13.9. The standard InChI is InChI=1S/C33H39N7O7S/c1-7-28(41)34-23-9-8-10-26(19-23)46-30-27-16-17-39(21-45-32(42)47-33(2,3)4)29(27)36-31(37-30)35-22-11-13-24(14-12-22)38(5)25-15-18-40(20-25)48(6,43)44/h7-14,16-17,19,25H,1,15,18,20-21H2,2-6H3,(H,34,41)(H,35,36,37). The number of benzene rings is 2. The summed E-state index contributed by atoms with van der Waals surface area (Å²) in [6.07, 6.45) is 4.02. The minimum atomic E-state index is -3.23. The van der Waals surface area contributed by atoms with Crippen LogP contribution >= 0.6 is 0 Å². The van der Waals surface area contributed by atoms with E-state index >= 15 is 0 Å². The first-order chi connectivity index (χ1) is 22.7. The molecule has 2 aromatic carbocycles. The van der Waals surface area contributed by atoms with Crippen LogP contribution in [-0.4, -0.2) is 77.4 Å². The van der Waals surface area contributed by atoms with Crippen molar-refractivity contribution in [1.29, 1.82) is 0 Å². The number of hydrogen-bond donors (Lipinski definition) is 2. The van der Waals surface area contributed by atoms with Crippen molar-refractivity contribution >= 4 is 56.1 Å². The van der Waals surface area contributed by atoms with Crippen molar-refractivity contribution in [3.63, 3.8) is 0 Å². The van der Waals surface area contributed by atoms with Gasteiger partial charge < -0.3 is 29.7 Å². The van der Waals surface area contributed by atoms with Crippen molar-refractivity contribution in [2.75, 3.05) is 41.9 Å². The Labute approximate surface area is 279 Å². The molecule has 14 nitrogen and oxygen atoms in total. The zero-order valence-electron chi connectivity index (χ0n) is 27.5. The van der Waals surface area contributed by atoms with E-state index in [1.165, 1.54) is 16.6 Å². The van der Waals surface area contributed by atoms with E-state index in [0.717, 1.165) is 12.1 Å². The highest BCUT2D eigenvalue weighted by molar-refractivity contribution is 7.88. The number of amides is 1. The molecular weight excluding hydrogens is 638 g/mol. The van der Waals surface area contributed by atoms with Gasteiger partial charge in [0, 0.05) is 55.5 Å². The van der Waals surface area contributed by atoms with Gasteiger partial charge in [0.25, 0.3) is 0 Å². The molecule has 1 aliphatic heterocycles. The van der Waals surface area contributed by atoms with E-state index in [9.17, 15) is 18.0 Å².